The van der Waals surface area contributed by atoms with E-state index < -0.39 is 9.84 Å². The summed E-state index contributed by atoms with van der Waals surface area (Å²) in [6.07, 6.45) is 2.79. The van der Waals surface area contributed by atoms with E-state index in [1.807, 2.05) is 6.92 Å². The molecule has 108 valence electrons. The zero-order valence-corrected chi connectivity index (χ0v) is 12.6. The van der Waals surface area contributed by atoms with Gasteiger partial charge in [0.25, 0.3) is 0 Å². The van der Waals surface area contributed by atoms with Gasteiger partial charge in [-0.15, -0.1) is 0 Å². The number of anilines is 1. The molecular weight excluding hydrogens is 286 g/mol. The molecule has 1 unspecified atom stereocenters. The fraction of sp³-hybridized carbons (Fsp3) is 0.200. The zero-order valence-electron chi connectivity index (χ0n) is 11.7. The number of nitriles is 1. The number of rotatable bonds is 4. The van der Waals surface area contributed by atoms with Crippen molar-refractivity contribution in [1.29, 1.82) is 5.26 Å². The molecular formula is C15H15N3O2S. The number of nitrogens with zero attached hydrogens (tertiary/aromatic N) is 2. The number of sulfone groups is 1. The Morgan fingerprint density at radius 1 is 1.24 bits per heavy atom. The van der Waals surface area contributed by atoms with Crippen LogP contribution in [-0.2, 0) is 9.84 Å². The summed E-state index contributed by atoms with van der Waals surface area (Å²) in [5.74, 6) is 0.514. The quantitative estimate of drug-likeness (QED) is 0.938. The molecule has 0 saturated heterocycles. The maximum absolute atomic E-state index is 11.4. The van der Waals surface area contributed by atoms with E-state index in [0.717, 1.165) is 5.56 Å². The fourth-order valence-electron chi connectivity index (χ4n) is 1.90. The van der Waals surface area contributed by atoms with Crippen molar-refractivity contribution in [3.63, 3.8) is 0 Å². The Hall–Kier alpha value is -2.39. The highest BCUT2D eigenvalue weighted by atomic mass is 32.2. The molecule has 1 aromatic carbocycles. The predicted molar refractivity (Wildman–Crippen MR) is 80.5 cm³/mol. The third-order valence-electron chi connectivity index (χ3n) is 3.09. The van der Waals surface area contributed by atoms with E-state index in [4.69, 9.17) is 5.26 Å². The van der Waals surface area contributed by atoms with Crippen molar-refractivity contribution in [2.24, 2.45) is 0 Å². The largest absolute Gasteiger partial charge is 0.362 e. The second kappa shape index (κ2) is 5.94. The minimum absolute atomic E-state index is 0.0967. The van der Waals surface area contributed by atoms with E-state index in [0.29, 0.717) is 11.4 Å². The Labute approximate surface area is 124 Å². The summed E-state index contributed by atoms with van der Waals surface area (Å²) in [5.41, 5.74) is 1.38. The van der Waals surface area contributed by atoms with Crippen LogP contribution in [-0.4, -0.2) is 19.7 Å². The summed E-state index contributed by atoms with van der Waals surface area (Å²) in [6.45, 7) is 1.92. The number of benzene rings is 1. The third kappa shape index (κ3) is 3.58. The normalized spacial score (nSPS) is 12.4. The molecule has 1 N–H and O–H groups in total. The van der Waals surface area contributed by atoms with Crippen LogP contribution in [0.25, 0.3) is 0 Å². The summed E-state index contributed by atoms with van der Waals surface area (Å²) in [7, 11) is -3.19. The number of aromatic nitrogens is 1. The summed E-state index contributed by atoms with van der Waals surface area (Å²) >= 11 is 0. The van der Waals surface area contributed by atoms with Gasteiger partial charge in [0, 0.05) is 18.5 Å². The molecule has 1 atom stereocenters. The molecule has 0 spiro atoms. The standard InChI is InChI=1S/C15H15N3O2S/c1-11(18-15-13(10-16)4-3-9-17-15)12-5-7-14(8-6-12)21(2,19)20/h3-9,11H,1-2H3,(H,17,18). The summed E-state index contributed by atoms with van der Waals surface area (Å²) < 4.78 is 22.9. The Balaban J connectivity index is 2.21. The van der Waals surface area contributed by atoms with Crippen LogP contribution in [0.1, 0.15) is 24.1 Å². The van der Waals surface area contributed by atoms with Crippen molar-refractivity contribution in [3.05, 3.63) is 53.7 Å². The van der Waals surface area contributed by atoms with Gasteiger partial charge in [-0.2, -0.15) is 5.26 Å². The molecule has 1 heterocycles. The van der Waals surface area contributed by atoms with E-state index in [9.17, 15) is 8.42 Å². The van der Waals surface area contributed by atoms with Gasteiger partial charge in [-0.1, -0.05) is 12.1 Å². The SMILES string of the molecule is CC(Nc1ncccc1C#N)c1ccc(S(C)(=O)=O)cc1. The molecule has 0 aliphatic rings. The summed E-state index contributed by atoms with van der Waals surface area (Å²) in [6, 6.07) is 12.0. The van der Waals surface area contributed by atoms with Crippen molar-refractivity contribution in [2.45, 2.75) is 17.9 Å². The van der Waals surface area contributed by atoms with Crippen LogP contribution in [0, 0.1) is 11.3 Å². The first kappa shape index (κ1) is 15.0. The maximum Gasteiger partial charge on any atom is 0.175 e. The second-order valence-electron chi connectivity index (χ2n) is 4.72. The van der Waals surface area contributed by atoms with Crippen LogP contribution in [0.5, 0.6) is 0 Å². The van der Waals surface area contributed by atoms with Crippen LogP contribution in [0.4, 0.5) is 5.82 Å². The number of pyridine rings is 1. The molecule has 2 aromatic rings. The molecule has 0 fully saturated rings. The van der Waals surface area contributed by atoms with Crippen LogP contribution in [0.2, 0.25) is 0 Å². The van der Waals surface area contributed by atoms with Gasteiger partial charge in [-0.25, -0.2) is 13.4 Å². The number of hydrogen-bond acceptors (Lipinski definition) is 5. The van der Waals surface area contributed by atoms with Crippen LogP contribution >= 0.6 is 0 Å². The van der Waals surface area contributed by atoms with Crippen LogP contribution < -0.4 is 5.32 Å². The van der Waals surface area contributed by atoms with Gasteiger partial charge < -0.3 is 5.32 Å². The predicted octanol–water partition coefficient (Wildman–Crippen LogP) is 2.53. The molecule has 0 radical (unpaired) electrons. The Morgan fingerprint density at radius 2 is 1.90 bits per heavy atom. The summed E-state index contributed by atoms with van der Waals surface area (Å²) in [5, 5.41) is 12.2. The zero-order chi connectivity index (χ0) is 15.5. The highest BCUT2D eigenvalue weighted by Crippen LogP contribution is 2.21. The van der Waals surface area contributed by atoms with Crippen molar-refractivity contribution in [2.75, 3.05) is 11.6 Å². The minimum Gasteiger partial charge on any atom is -0.362 e. The van der Waals surface area contributed by atoms with E-state index in [1.54, 1.807) is 42.6 Å². The summed E-state index contributed by atoms with van der Waals surface area (Å²) in [4.78, 5) is 4.43. The first-order valence-electron chi connectivity index (χ1n) is 6.33. The van der Waals surface area contributed by atoms with E-state index in [2.05, 4.69) is 16.4 Å². The first-order valence-corrected chi connectivity index (χ1v) is 8.22. The van der Waals surface area contributed by atoms with Gasteiger partial charge in [0.05, 0.1) is 10.5 Å². The first-order chi connectivity index (χ1) is 9.91. The lowest BCUT2D eigenvalue weighted by atomic mass is 10.1. The van der Waals surface area contributed by atoms with Gasteiger partial charge >= 0.3 is 0 Å². The molecule has 0 amide bonds. The van der Waals surface area contributed by atoms with Crippen molar-refractivity contribution >= 4 is 15.7 Å². The average Bonchev–Trinajstić information content (AvgIpc) is 2.47. The average molecular weight is 301 g/mol. The number of hydrogen-bond donors (Lipinski definition) is 1. The van der Waals surface area contributed by atoms with Crippen molar-refractivity contribution < 1.29 is 8.42 Å². The van der Waals surface area contributed by atoms with Gasteiger partial charge in [0.2, 0.25) is 0 Å². The molecule has 5 nitrogen and oxygen atoms in total. The van der Waals surface area contributed by atoms with E-state index >= 15 is 0 Å². The molecule has 0 saturated carbocycles. The number of nitrogens with one attached hydrogen (secondary N) is 1. The molecule has 6 heteroatoms. The Bertz CT molecular complexity index is 777. The van der Waals surface area contributed by atoms with Crippen molar-refractivity contribution in [3.8, 4) is 6.07 Å². The molecule has 2 rings (SSSR count). The van der Waals surface area contributed by atoms with Gasteiger partial charge in [0.1, 0.15) is 11.9 Å². The van der Waals surface area contributed by atoms with E-state index in [1.165, 1.54) is 6.26 Å². The topological polar surface area (TPSA) is 82.8 Å². The lowest BCUT2D eigenvalue weighted by molar-refractivity contribution is 0.602. The van der Waals surface area contributed by atoms with Gasteiger partial charge in [-0.3, -0.25) is 0 Å². The molecule has 0 aliphatic heterocycles. The van der Waals surface area contributed by atoms with E-state index in [-0.39, 0.29) is 10.9 Å². The Kier molecular flexibility index (Phi) is 4.24. The monoisotopic (exact) mass is 301 g/mol. The molecule has 1 aromatic heterocycles. The van der Waals surface area contributed by atoms with Crippen LogP contribution in [0.15, 0.2) is 47.5 Å². The highest BCUT2D eigenvalue weighted by Gasteiger charge is 2.11. The highest BCUT2D eigenvalue weighted by molar-refractivity contribution is 7.90. The third-order valence-corrected chi connectivity index (χ3v) is 4.22. The molecule has 0 bridgehead atoms. The lowest BCUT2D eigenvalue weighted by Crippen LogP contribution is -2.09. The smallest absolute Gasteiger partial charge is 0.175 e. The van der Waals surface area contributed by atoms with Gasteiger partial charge in [-0.05, 0) is 36.8 Å². The van der Waals surface area contributed by atoms with Crippen LogP contribution in [0.3, 0.4) is 0 Å². The lowest BCUT2D eigenvalue weighted by Gasteiger charge is -2.16. The second-order valence-corrected chi connectivity index (χ2v) is 6.73. The molecule has 0 aliphatic carbocycles. The minimum atomic E-state index is -3.19. The van der Waals surface area contributed by atoms with Crippen molar-refractivity contribution in [1.82, 2.24) is 4.98 Å². The fourth-order valence-corrected chi connectivity index (χ4v) is 2.53. The maximum atomic E-state index is 11.4. The Morgan fingerprint density at radius 3 is 2.48 bits per heavy atom. The van der Waals surface area contributed by atoms with Gasteiger partial charge in [0.15, 0.2) is 9.84 Å². The molecule has 21 heavy (non-hydrogen) atoms.